The van der Waals surface area contributed by atoms with Crippen LogP contribution in [-0.4, -0.2) is 37.2 Å². The largest absolute Gasteiger partial charge is 0.462 e. The van der Waals surface area contributed by atoms with E-state index in [0.717, 1.165) is 77.0 Å². The first-order chi connectivity index (χ1) is 33.0. The van der Waals surface area contributed by atoms with Crippen molar-refractivity contribution in [1.82, 2.24) is 0 Å². The van der Waals surface area contributed by atoms with Gasteiger partial charge in [-0.3, -0.25) is 14.4 Å². The van der Waals surface area contributed by atoms with E-state index in [9.17, 15) is 14.4 Å². The minimum absolute atomic E-state index is 0.0760. The monoisotopic (exact) mass is 941 g/mol. The van der Waals surface area contributed by atoms with Crippen LogP contribution in [0, 0.1) is 0 Å². The van der Waals surface area contributed by atoms with Gasteiger partial charge in [-0.05, 0) is 70.6 Å². The van der Waals surface area contributed by atoms with E-state index in [-0.39, 0.29) is 31.1 Å². The van der Waals surface area contributed by atoms with E-state index in [4.69, 9.17) is 14.2 Å². The number of carbonyl (C=O) groups is 3. The first kappa shape index (κ1) is 64.6. The summed E-state index contributed by atoms with van der Waals surface area (Å²) in [6, 6.07) is 0. The van der Waals surface area contributed by atoms with Crippen LogP contribution >= 0.6 is 0 Å². The molecule has 0 N–H and O–H groups in total. The quantitative estimate of drug-likeness (QED) is 0.0199. The van der Waals surface area contributed by atoms with Gasteiger partial charge in [0, 0.05) is 19.3 Å². The van der Waals surface area contributed by atoms with Crippen molar-refractivity contribution in [2.45, 2.75) is 322 Å². The van der Waals surface area contributed by atoms with Crippen LogP contribution in [0.3, 0.4) is 0 Å². The molecule has 0 heterocycles. The van der Waals surface area contributed by atoms with Gasteiger partial charge in [0.2, 0.25) is 0 Å². The topological polar surface area (TPSA) is 78.9 Å². The summed E-state index contributed by atoms with van der Waals surface area (Å²) in [5.41, 5.74) is 0. The van der Waals surface area contributed by atoms with Crippen LogP contribution in [0.4, 0.5) is 0 Å². The lowest BCUT2D eigenvalue weighted by Gasteiger charge is -2.18. The number of hydrogen-bond donors (Lipinski definition) is 0. The Morgan fingerprint density at radius 1 is 0.299 bits per heavy atom. The van der Waals surface area contributed by atoms with Crippen molar-refractivity contribution >= 4 is 17.9 Å². The molecule has 6 nitrogen and oxygen atoms in total. The minimum Gasteiger partial charge on any atom is -0.462 e. The van der Waals surface area contributed by atoms with Gasteiger partial charge < -0.3 is 14.2 Å². The Morgan fingerprint density at radius 2 is 0.537 bits per heavy atom. The van der Waals surface area contributed by atoms with Crippen LogP contribution in [0.2, 0.25) is 0 Å². The second-order valence-electron chi connectivity index (χ2n) is 19.9. The molecule has 67 heavy (non-hydrogen) atoms. The Bertz CT molecular complexity index is 1130. The lowest BCUT2D eigenvalue weighted by molar-refractivity contribution is -0.167. The fourth-order valence-electron chi connectivity index (χ4n) is 8.67. The molecule has 0 saturated heterocycles. The molecule has 1 atom stereocenters. The molecule has 0 spiro atoms. The minimum atomic E-state index is -0.777. The number of allylic oxidation sites excluding steroid dienone is 6. The number of unbranched alkanes of at least 4 members (excludes halogenated alkanes) is 38. The van der Waals surface area contributed by atoms with Gasteiger partial charge in [-0.2, -0.15) is 0 Å². The van der Waals surface area contributed by atoms with Crippen molar-refractivity contribution < 1.29 is 28.6 Å². The number of hydrogen-bond acceptors (Lipinski definition) is 6. The summed E-state index contributed by atoms with van der Waals surface area (Å²) in [4.78, 5) is 38.2. The van der Waals surface area contributed by atoms with Crippen LogP contribution < -0.4 is 0 Å². The van der Waals surface area contributed by atoms with Crippen LogP contribution in [0.25, 0.3) is 0 Å². The predicted octanol–water partition coefficient (Wildman–Crippen LogP) is 19.7. The highest BCUT2D eigenvalue weighted by atomic mass is 16.6. The van der Waals surface area contributed by atoms with Gasteiger partial charge in [0.25, 0.3) is 0 Å². The zero-order valence-corrected chi connectivity index (χ0v) is 44.9. The third-order valence-corrected chi connectivity index (χ3v) is 13.1. The molecule has 0 rings (SSSR count). The van der Waals surface area contributed by atoms with E-state index in [1.807, 2.05) is 0 Å². The highest BCUT2D eigenvalue weighted by molar-refractivity contribution is 5.71. The normalized spacial score (nSPS) is 12.2. The Labute approximate surface area is 416 Å². The van der Waals surface area contributed by atoms with E-state index in [2.05, 4.69) is 57.2 Å². The molecule has 0 aromatic heterocycles. The second-order valence-corrected chi connectivity index (χ2v) is 19.9. The third-order valence-electron chi connectivity index (χ3n) is 13.1. The number of esters is 3. The standard InChI is InChI=1S/C61H112O6/c1-4-7-10-13-16-19-22-25-28-30-31-34-36-39-42-45-48-51-54-60(63)66-57-58(56-65-59(62)53-50-47-44-41-38-35-32-27-24-21-18-15-12-9-6-3)67-61(64)55-52-49-46-43-40-37-33-29-26-23-20-17-14-11-8-5-2/h21,24,28,30-31,34,58H,4-20,22-23,25-27,29,32-33,35-57H2,1-3H3/b24-21-,30-28-,34-31-. The van der Waals surface area contributed by atoms with Crippen molar-refractivity contribution in [3.05, 3.63) is 36.5 Å². The molecule has 0 fully saturated rings. The molecule has 0 aromatic rings. The molecule has 392 valence electrons. The molecule has 0 radical (unpaired) electrons. The molecule has 0 bridgehead atoms. The summed E-state index contributed by atoms with van der Waals surface area (Å²) >= 11 is 0. The van der Waals surface area contributed by atoms with Crippen LogP contribution in [0.15, 0.2) is 36.5 Å². The molecule has 0 amide bonds. The van der Waals surface area contributed by atoms with Crippen molar-refractivity contribution in [3.8, 4) is 0 Å². The first-order valence-corrected chi connectivity index (χ1v) is 29.5. The van der Waals surface area contributed by atoms with E-state index < -0.39 is 6.10 Å². The summed E-state index contributed by atoms with van der Waals surface area (Å²) in [5.74, 6) is -0.877. The zero-order chi connectivity index (χ0) is 48.6. The highest BCUT2D eigenvalue weighted by Gasteiger charge is 2.19. The van der Waals surface area contributed by atoms with Gasteiger partial charge in [0.1, 0.15) is 13.2 Å². The maximum Gasteiger partial charge on any atom is 0.306 e. The summed E-state index contributed by atoms with van der Waals surface area (Å²) < 4.78 is 16.9. The molecule has 0 aliphatic carbocycles. The Balaban J connectivity index is 4.37. The maximum atomic E-state index is 12.9. The smallest absolute Gasteiger partial charge is 0.306 e. The van der Waals surface area contributed by atoms with Gasteiger partial charge in [-0.15, -0.1) is 0 Å². The van der Waals surface area contributed by atoms with E-state index in [1.54, 1.807) is 0 Å². The fraction of sp³-hybridized carbons (Fsp3) is 0.852. The molecule has 1 unspecified atom stereocenters. The van der Waals surface area contributed by atoms with Crippen molar-refractivity contribution in [2.24, 2.45) is 0 Å². The SMILES string of the molecule is CCCCCC/C=C\CCCCCCCCCC(=O)OCC(COC(=O)CCCCCCC/C=C\C=C/CCCCCCCCC)OC(=O)CCCCCCCCCCCCCCCCCC. The highest BCUT2D eigenvalue weighted by Crippen LogP contribution is 2.16. The summed E-state index contributed by atoms with van der Waals surface area (Å²) in [6.45, 7) is 6.65. The van der Waals surface area contributed by atoms with Gasteiger partial charge in [0.05, 0.1) is 0 Å². The lowest BCUT2D eigenvalue weighted by Crippen LogP contribution is -2.30. The average Bonchev–Trinajstić information content (AvgIpc) is 3.33. The Kier molecular flexibility index (Phi) is 54.2. The van der Waals surface area contributed by atoms with E-state index in [0.29, 0.717) is 19.3 Å². The van der Waals surface area contributed by atoms with E-state index >= 15 is 0 Å². The van der Waals surface area contributed by atoms with Gasteiger partial charge in [-0.25, -0.2) is 0 Å². The number of carbonyl (C=O) groups excluding carboxylic acids is 3. The Hall–Kier alpha value is -2.37. The molecule has 0 saturated carbocycles. The summed E-state index contributed by atoms with van der Waals surface area (Å²) in [5, 5.41) is 0. The van der Waals surface area contributed by atoms with Crippen LogP contribution in [0.1, 0.15) is 316 Å². The number of rotatable bonds is 54. The predicted molar refractivity (Wildman–Crippen MR) is 289 cm³/mol. The third kappa shape index (κ3) is 54.4. The second kappa shape index (κ2) is 56.2. The molecule has 0 aliphatic heterocycles. The first-order valence-electron chi connectivity index (χ1n) is 29.5. The van der Waals surface area contributed by atoms with Gasteiger partial charge in [0.15, 0.2) is 6.10 Å². The molecule has 6 heteroatoms. The van der Waals surface area contributed by atoms with Crippen LogP contribution in [-0.2, 0) is 28.6 Å². The summed E-state index contributed by atoms with van der Waals surface area (Å²) in [7, 11) is 0. The molecular formula is C61H112O6. The zero-order valence-electron chi connectivity index (χ0n) is 44.9. The van der Waals surface area contributed by atoms with Crippen molar-refractivity contribution in [3.63, 3.8) is 0 Å². The van der Waals surface area contributed by atoms with Crippen LogP contribution in [0.5, 0.6) is 0 Å². The molecule has 0 aromatic carbocycles. The fourth-order valence-corrected chi connectivity index (χ4v) is 8.67. The van der Waals surface area contributed by atoms with Gasteiger partial charge in [-0.1, -0.05) is 263 Å². The number of ether oxygens (including phenoxy) is 3. The van der Waals surface area contributed by atoms with Gasteiger partial charge >= 0.3 is 17.9 Å². The average molecular weight is 942 g/mol. The lowest BCUT2D eigenvalue weighted by atomic mass is 10.0. The maximum absolute atomic E-state index is 12.9. The van der Waals surface area contributed by atoms with Crippen molar-refractivity contribution in [2.75, 3.05) is 13.2 Å². The molecular weight excluding hydrogens is 829 g/mol. The Morgan fingerprint density at radius 3 is 0.851 bits per heavy atom. The van der Waals surface area contributed by atoms with Crippen molar-refractivity contribution in [1.29, 1.82) is 0 Å². The summed E-state index contributed by atoms with van der Waals surface area (Å²) in [6.07, 6.45) is 67.0. The molecule has 0 aliphatic rings. The van der Waals surface area contributed by atoms with E-state index in [1.165, 1.54) is 199 Å².